The van der Waals surface area contributed by atoms with Crippen molar-refractivity contribution in [2.24, 2.45) is 0 Å². The first kappa shape index (κ1) is 14.8. The zero-order chi connectivity index (χ0) is 14.5. The average Bonchev–Trinajstić information content (AvgIpc) is 2.45. The van der Waals surface area contributed by atoms with Gasteiger partial charge in [0.1, 0.15) is 11.8 Å². The van der Waals surface area contributed by atoms with Gasteiger partial charge in [0.05, 0.1) is 22.8 Å². The van der Waals surface area contributed by atoms with E-state index in [0.717, 1.165) is 14.5 Å². The van der Waals surface area contributed by atoms with Gasteiger partial charge in [-0.15, -0.1) is 0 Å². The molecule has 1 aromatic carbocycles. The van der Waals surface area contributed by atoms with Crippen molar-refractivity contribution in [3.05, 3.63) is 56.7 Å². The molecule has 0 amide bonds. The zero-order valence-corrected chi connectivity index (χ0v) is 13.8. The van der Waals surface area contributed by atoms with Crippen LogP contribution in [-0.4, -0.2) is 12.1 Å². The van der Waals surface area contributed by atoms with Crippen molar-refractivity contribution in [1.82, 2.24) is 4.98 Å². The van der Waals surface area contributed by atoms with Gasteiger partial charge in [-0.25, -0.2) is 0 Å². The third-order valence-corrected chi connectivity index (χ3v) is 3.65. The van der Waals surface area contributed by atoms with Gasteiger partial charge in [0.15, 0.2) is 0 Å². The molecule has 0 spiro atoms. The summed E-state index contributed by atoms with van der Waals surface area (Å²) in [7, 11) is 1.60. The molecule has 100 valence electrons. The molecule has 0 saturated heterocycles. The fourth-order valence-electron chi connectivity index (χ4n) is 1.74. The predicted octanol–water partition coefficient (Wildman–Crippen LogP) is 4.68. The fourth-order valence-corrected chi connectivity index (χ4v) is 3.16. The highest BCUT2D eigenvalue weighted by Gasteiger charge is 2.10. The summed E-state index contributed by atoms with van der Waals surface area (Å²) < 4.78 is 7.09. The Kier molecular flexibility index (Phi) is 4.94. The summed E-state index contributed by atoms with van der Waals surface area (Å²) in [4.78, 5) is 4.19. The second-order valence-electron chi connectivity index (χ2n) is 3.89. The van der Waals surface area contributed by atoms with E-state index in [0.29, 0.717) is 17.0 Å². The number of methoxy groups -OCH3 is 1. The minimum atomic E-state index is 0.480. The SMILES string of the molecule is COc1c(Br)cc(Br)cc1/C=C(\C#N)c1ccccn1. The molecule has 1 aromatic heterocycles. The van der Waals surface area contributed by atoms with Gasteiger partial charge in [-0.1, -0.05) is 22.0 Å². The Hall–Kier alpha value is -1.64. The average molecular weight is 394 g/mol. The summed E-state index contributed by atoms with van der Waals surface area (Å²) in [5, 5.41) is 9.32. The number of aromatic nitrogens is 1. The van der Waals surface area contributed by atoms with E-state index >= 15 is 0 Å². The highest BCUT2D eigenvalue weighted by molar-refractivity contribution is 9.11. The van der Waals surface area contributed by atoms with Crippen molar-refractivity contribution in [3.63, 3.8) is 0 Å². The highest BCUT2D eigenvalue weighted by Crippen LogP contribution is 2.34. The van der Waals surface area contributed by atoms with E-state index in [-0.39, 0.29) is 0 Å². The summed E-state index contributed by atoms with van der Waals surface area (Å²) in [5.74, 6) is 0.678. The molecule has 0 radical (unpaired) electrons. The molecule has 20 heavy (non-hydrogen) atoms. The Morgan fingerprint density at radius 3 is 2.75 bits per heavy atom. The Morgan fingerprint density at radius 2 is 2.15 bits per heavy atom. The van der Waals surface area contributed by atoms with Crippen LogP contribution in [0.3, 0.4) is 0 Å². The first-order valence-electron chi connectivity index (χ1n) is 5.72. The number of ether oxygens (including phenoxy) is 1. The quantitative estimate of drug-likeness (QED) is 0.711. The molecule has 5 heteroatoms. The number of nitrogens with zero attached hydrogens (tertiary/aromatic N) is 2. The van der Waals surface area contributed by atoms with Crippen molar-refractivity contribution in [1.29, 1.82) is 5.26 Å². The van der Waals surface area contributed by atoms with Crippen LogP contribution in [-0.2, 0) is 0 Å². The van der Waals surface area contributed by atoms with Crippen LogP contribution in [0.2, 0.25) is 0 Å². The van der Waals surface area contributed by atoms with Crippen LogP contribution >= 0.6 is 31.9 Å². The molecule has 0 atom stereocenters. The minimum Gasteiger partial charge on any atom is -0.495 e. The van der Waals surface area contributed by atoms with Gasteiger partial charge >= 0.3 is 0 Å². The van der Waals surface area contributed by atoms with Crippen LogP contribution in [0.1, 0.15) is 11.3 Å². The highest BCUT2D eigenvalue weighted by atomic mass is 79.9. The first-order chi connectivity index (χ1) is 9.65. The maximum atomic E-state index is 9.32. The topological polar surface area (TPSA) is 45.9 Å². The van der Waals surface area contributed by atoms with E-state index in [1.54, 1.807) is 25.4 Å². The van der Waals surface area contributed by atoms with Crippen molar-refractivity contribution >= 4 is 43.5 Å². The first-order valence-corrected chi connectivity index (χ1v) is 7.30. The van der Waals surface area contributed by atoms with Crippen LogP contribution in [0.4, 0.5) is 0 Å². The Bertz CT molecular complexity index is 691. The molecule has 1 heterocycles. The lowest BCUT2D eigenvalue weighted by Crippen LogP contribution is -1.91. The van der Waals surface area contributed by atoms with Gasteiger partial charge in [-0.05, 0) is 46.3 Å². The van der Waals surface area contributed by atoms with E-state index < -0.39 is 0 Å². The predicted molar refractivity (Wildman–Crippen MR) is 86.1 cm³/mol. The lowest BCUT2D eigenvalue weighted by atomic mass is 10.1. The molecule has 3 nitrogen and oxygen atoms in total. The molecule has 0 aliphatic heterocycles. The summed E-state index contributed by atoms with van der Waals surface area (Å²) in [6.45, 7) is 0. The van der Waals surface area contributed by atoms with Crippen molar-refractivity contribution in [2.75, 3.05) is 7.11 Å². The molecule has 0 saturated carbocycles. The van der Waals surface area contributed by atoms with E-state index in [1.807, 2.05) is 24.3 Å². The maximum Gasteiger partial charge on any atom is 0.140 e. The summed E-state index contributed by atoms with van der Waals surface area (Å²) in [6.07, 6.45) is 3.42. The number of allylic oxidation sites excluding steroid dienone is 1. The third kappa shape index (κ3) is 3.27. The Balaban J connectivity index is 2.57. The number of hydrogen-bond acceptors (Lipinski definition) is 3. The van der Waals surface area contributed by atoms with Crippen molar-refractivity contribution in [3.8, 4) is 11.8 Å². The summed E-state index contributed by atoms with van der Waals surface area (Å²) >= 11 is 6.87. The van der Waals surface area contributed by atoms with Gasteiger partial charge in [0.25, 0.3) is 0 Å². The van der Waals surface area contributed by atoms with E-state index in [2.05, 4.69) is 42.9 Å². The third-order valence-electron chi connectivity index (χ3n) is 2.60. The number of halogens is 2. The van der Waals surface area contributed by atoms with Crippen LogP contribution in [0, 0.1) is 11.3 Å². The van der Waals surface area contributed by atoms with Gasteiger partial charge in [-0.3, -0.25) is 4.98 Å². The smallest absolute Gasteiger partial charge is 0.140 e. The fraction of sp³-hybridized carbons (Fsp3) is 0.0667. The number of benzene rings is 1. The van der Waals surface area contributed by atoms with Crippen LogP contribution in [0.25, 0.3) is 11.6 Å². The molecule has 0 bridgehead atoms. The van der Waals surface area contributed by atoms with E-state index in [9.17, 15) is 5.26 Å². The van der Waals surface area contributed by atoms with E-state index in [4.69, 9.17) is 4.74 Å². The molecule has 0 N–H and O–H groups in total. The van der Waals surface area contributed by atoms with Crippen molar-refractivity contribution < 1.29 is 4.74 Å². The molecule has 0 unspecified atom stereocenters. The van der Waals surface area contributed by atoms with Gasteiger partial charge in [0, 0.05) is 16.2 Å². The van der Waals surface area contributed by atoms with Crippen LogP contribution in [0.5, 0.6) is 5.75 Å². The summed E-state index contributed by atoms with van der Waals surface area (Å²) in [6, 6.07) is 11.4. The molecule has 2 aromatic rings. The molecule has 2 rings (SSSR count). The molecule has 0 aliphatic rings. The van der Waals surface area contributed by atoms with Crippen LogP contribution in [0.15, 0.2) is 45.5 Å². The largest absolute Gasteiger partial charge is 0.495 e. The maximum absolute atomic E-state index is 9.32. The second kappa shape index (κ2) is 6.69. The zero-order valence-electron chi connectivity index (χ0n) is 10.6. The second-order valence-corrected chi connectivity index (χ2v) is 5.66. The number of hydrogen-bond donors (Lipinski definition) is 0. The Labute approximate surface area is 134 Å². The van der Waals surface area contributed by atoms with Gasteiger partial charge in [-0.2, -0.15) is 5.26 Å². The molecular formula is C15H10Br2N2O. The standard InChI is InChI=1S/C15H10Br2N2O/c1-20-15-10(7-12(16)8-13(15)17)6-11(9-18)14-4-2-3-5-19-14/h2-8H,1H3/b11-6+. The monoisotopic (exact) mass is 392 g/mol. The lowest BCUT2D eigenvalue weighted by Gasteiger charge is -2.09. The lowest BCUT2D eigenvalue weighted by molar-refractivity contribution is 0.411. The molecule has 0 aliphatic carbocycles. The molecular weight excluding hydrogens is 384 g/mol. The van der Waals surface area contributed by atoms with Crippen molar-refractivity contribution in [2.45, 2.75) is 0 Å². The van der Waals surface area contributed by atoms with Gasteiger partial charge in [0.2, 0.25) is 0 Å². The number of rotatable bonds is 3. The van der Waals surface area contributed by atoms with Gasteiger partial charge < -0.3 is 4.74 Å². The Morgan fingerprint density at radius 1 is 1.35 bits per heavy atom. The normalized spacial score (nSPS) is 11.0. The molecule has 0 fully saturated rings. The summed E-state index contributed by atoms with van der Waals surface area (Å²) in [5.41, 5.74) is 1.91. The van der Waals surface area contributed by atoms with E-state index in [1.165, 1.54) is 0 Å². The number of pyridine rings is 1. The number of nitriles is 1. The van der Waals surface area contributed by atoms with Crippen LogP contribution < -0.4 is 4.74 Å². The minimum absolute atomic E-state index is 0.480.